The van der Waals surface area contributed by atoms with E-state index < -0.39 is 0 Å². The highest BCUT2D eigenvalue weighted by Gasteiger charge is 2.40. The topological polar surface area (TPSA) is 20.2 Å². The fourth-order valence-corrected chi connectivity index (χ4v) is 3.64. The molecule has 0 radical (unpaired) electrons. The summed E-state index contributed by atoms with van der Waals surface area (Å²) in [6.45, 7) is 6.83. The van der Waals surface area contributed by atoms with Crippen molar-refractivity contribution in [3.05, 3.63) is 0 Å². The standard InChI is InChI=1S/C16H32O/c1-4-5-6-7-10-15(17)16(13-14(2)3)11-8-9-12-16/h14-15,17H,4-13H2,1-3H3. The molecule has 0 aromatic heterocycles. The number of hydrogen-bond donors (Lipinski definition) is 1. The molecule has 102 valence electrons. The Hall–Kier alpha value is -0.0400. The van der Waals surface area contributed by atoms with Gasteiger partial charge in [0.2, 0.25) is 0 Å². The van der Waals surface area contributed by atoms with Gasteiger partial charge in [-0.25, -0.2) is 0 Å². The van der Waals surface area contributed by atoms with Gasteiger partial charge in [-0.2, -0.15) is 0 Å². The Morgan fingerprint density at radius 1 is 1.06 bits per heavy atom. The molecule has 0 amide bonds. The monoisotopic (exact) mass is 240 g/mol. The number of hydrogen-bond acceptors (Lipinski definition) is 1. The fourth-order valence-electron chi connectivity index (χ4n) is 3.64. The molecular formula is C16H32O. The third-order valence-electron chi connectivity index (χ3n) is 4.45. The van der Waals surface area contributed by atoms with E-state index in [2.05, 4.69) is 20.8 Å². The van der Waals surface area contributed by atoms with Crippen LogP contribution < -0.4 is 0 Å². The quantitative estimate of drug-likeness (QED) is 0.597. The first-order valence-electron chi connectivity index (χ1n) is 7.79. The summed E-state index contributed by atoms with van der Waals surface area (Å²) in [5, 5.41) is 10.5. The highest BCUT2D eigenvalue weighted by Crippen LogP contribution is 2.47. The SMILES string of the molecule is CCCCCCC(O)C1(CC(C)C)CCCC1. The second-order valence-electron chi connectivity index (χ2n) is 6.53. The first kappa shape index (κ1) is 15.0. The van der Waals surface area contributed by atoms with E-state index in [1.54, 1.807) is 0 Å². The van der Waals surface area contributed by atoms with Crippen LogP contribution in [0.1, 0.15) is 85.0 Å². The van der Waals surface area contributed by atoms with Crippen molar-refractivity contribution in [3.63, 3.8) is 0 Å². The van der Waals surface area contributed by atoms with Gasteiger partial charge >= 0.3 is 0 Å². The van der Waals surface area contributed by atoms with E-state index in [0.29, 0.717) is 0 Å². The molecule has 17 heavy (non-hydrogen) atoms. The van der Waals surface area contributed by atoms with E-state index in [0.717, 1.165) is 12.3 Å². The second kappa shape index (κ2) is 7.41. The van der Waals surface area contributed by atoms with Crippen LogP contribution in [0.3, 0.4) is 0 Å². The summed E-state index contributed by atoms with van der Waals surface area (Å²) in [5.41, 5.74) is 0.278. The number of aliphatic hydroxyl groups is 1. The van der Waals surface area contributed by atoms with Crippen molar-refractivity contribution in [2.45, 2.75) is 91.1 Å². The minimum Gasteiger partial charge on any atom is -0.393 e. The van der Waals surface area contributed by atoms with Gasteiger partial charge in [-0.1, -0.05) is 59.3 Å². The fraction of sp³-hybridized carbons (Fsp3) is 1.00. The molecule has 0 aromatic rings. The van der Waals surface area contributed by atoms with E-state index in [4.69, 9.17) is 0 Å². The third kappa shape index (κ3) is 4.62. The predicted octanol–water partition coefficient (Wildman–Crippen LogP) is 4.92. The molecule has 1 heteroatoms. The number of rotatable bonds is 8. The van der Waals surface area contributed by atoms with Gasteiger partial charge < -0.3 is 5.11 Å². The minimum atomic E-state index is -0.0377. The van der Waals surface area contributed by atoms with Crippen molar-refractivity contribution in [2.24, 2.45) is 11.3 Å². The summed E-state index contributed by atoms with van der Waals surface area (Å²) in [7, 11) is 0. The van der Waals surface area contributed by atoms with E-state index in [9.17, 15) is 5.11 Å². The van der Waals surface area contributed by atoms with Gasteiger partial charge in [-0.3, -0.25) is 0 Å². The van der Waals surface area contributed by atoms with E-state index in [1.165, 1.54) is 57.8 Å². The zero-order valence-electron chi connectivity index (χ0n) is 12.2. The molecule has 1 saturated carbocycles. The highest BCUT2D eigenvalue weighted by molar-refractivity contribution is 4.91. The van der Waals surface area contributed by atoms with Crippen molar-refractivity contribution in [3.8, 4) is 0 Å². The molecule has 1 fully saturated rings. The Morgan fingerprint density at radius 2 is 1.71 bits per heavy atom. The molecule has 1 atom stereocenters. The average Bonchev–Trinajstić information content (AvgIpc) is 2.73. The summed E-state index contributed by atoms with van der Waals surface area (Å²) in [5.74, 6) is 0.721. The van der Waals surface area contributed by atoms with Gasteiger partial charge in [0.25, 0.3) is 0 Å². The van der Waals surface area contributed by atoms with Gasteiger partial charge in [0, 0.05) is 0 Å². The van der Waals surface area contributed by atoms with Gasteiger partial charge in [-0.15, -0.1) is 0 Å². The molecule has 0 spiro atoms. The Balaban J connectivity index is 2.40. The van der Waals surface area contributed by atoms with Gasteiger partial charge in [0.05, 0.1) is 6.10 Å². The summed E-state index contributed by atoms with van der Waals surface area (Å²) in [6, 6.07) is 0. The normalized spacial score (nSPS) is 21.0. The molecule has 0 aliphatic heterocycles. The zero-order valence-corrected chi connectivity index (χ0v) is 12.2. The van der Waals surface area contributed by atoms with Crippen LogP contribution in [-0.2, 0) is 0 Å². The molecule has 0 saturated heterocycles. The molecule has 1 aliphatic rings. The van der Waals surface area contributed by atoms with E-state index in [-0.39, 0.29) is 11.5 Å². The summed E-state index contributed by atoms with van der Waals surface area (Å²) in [6.07, 6.45) is 12.5. The highest BCUT2D eigenvalue weighted by atomic mass is 16.3. The molecule has 0 heterocycles. The average molecular weight is 240 g/mol. The maximum absolute atomic E-state index is 10.5. The molecule has 1 nitrogen and oxygen atoms in total. The van der Waals surface area contributed by atoms with Gasteiger partial charge in [0.1, 0.15) is 0 Å². The molecule has 0 aromatic carbocycles. The van der Waals surface area contributed by atoms with Crippen molar-refractivity contribution in [1.82, 2.24) is 0 Å². The summed E-state index contributed by atoms with van der Waals surface area (Å²) >= 11 is 0. The first-order chi connectivity index (χ1) is 8.10. The van der Waals surface area contributed by atoms with Crippen molar-refractivity contribution in [2.75, 3.05) is 0 Å². The van der Waals surface area contributed by atoms with Crippen LogP contribution in [-0.4, -0.2) is 11.2 Å². The molecule has 1 unspecified atom stereocenters. The van der Waals surface area contributed by atoms with Gasteiger partial charge in [0.15, 0.2) is 0 Å². The summed E-state index contributed by atoms with van der Waals surface area (Å²) < 4.78 is 0. The van der Waals surface area contributed by atoms with Gasteiger partial charge in [-0.05, 0) is 37.0 Å². The van der Waals surface area contributed by atoms with Crippen LogP contribution in [0.15, 0.2) is 0 Å². The Morgan fingerprint density at radius 3 is 2.24 bits per heavy atom. The third-order valence-corrected chi connectivity index (χ3v) is 4.45. The number of unbranched alkanes of at least 4 members (excludes halogenated alkanes) is 3. The Bertz CT molecular complexity index is 192. The summed E-state index contributed by atoms with van der Waals surface area (Å²) in [4.78, 5) is 0. The molecular weight excluding hydrogens is 208 g/mol. The Kier molecular flexibility index (Phi) is 6.54. The van der Waals surface area contributed by atoms with Crippen molar-refractivity contribution >= 4 is 0 Å². The maximum atomic E-state index is 10.5. The van der Waals surface area contributed by atoms with Crippen LogP contribution >= 0.6 is 0 Å². The lowest BCUT2D eigenvalue weighted by Crippen LogP contribution is -2.34. The van der Waals surface area contributed by atoms with Crippen molar-refractivity contribution in [1.29, 1.82) is 0 Å². The van der Waals surface area contributed by atoms with Crippen LogP contribution in [0, 0.1) is 11.3 Å². The van der Waals surface area contributed by atoms with Crippen LogP contribution in [0.5, 0.6) is 0 Å². The van der Waals surface area contributed by atoms with E-state index in [1.807, 2.05) is 0 Å². The Labute approximate surface area is 108 Å². The van der Waals surface area contributed by atoms with Crippen LogP contribution in [0.2, 0.25) is 0 Å². The van der Waals surface area contributed by atoms with E-state index >= 15 is 0 Å². The van der Waals surface area contributed by atoms with Crippen LogP contribution in [0.4, 0.5) is 0 Å². The zero-order chi connectivity index (χ0) is 12.7. The first-order valence-corrected chi connectivity index (χ1v) is 7.79. The molecule has 1 aliphatic carbocycles. The smallest absolute Gasteiger partial charge is 0.0596 e. The molecule has 0 bridgehead atoms. The molecule has 1 N–H and O–H groups in total. The predicted molar refractivity (Wildman–Crippen MR) is 75.1 cm³/mol. The number of aliphatic hydroxyl groups excluding tert-OH is 1. The lowest BCUT2D eigenvalue weighted by molar-refractivity contribution is 0.00541. The second-order valence-corrected chi connectivity index (χ2v) is 6.53. The molecule has 1 rings (SSSR count). The minimum absolute atomic E-state index is 0.0377. The maximum Gasteiger partial charge on any atom is 0.0596 e. The lowest BCUT2D eigenvalue weighted by Gasteiger charge is -2.36. The lowest BCUT2D eigenvalue weighted by atomic mass is 9.72. The van der Waals surface area contributed by atoms with Crippen molar-refractivity contribution < 1.29 is 5.11 Å². The largest absolute Gasteiger partial charge is 0.393 e. The van der Waals surface area contributed by atoms with Crippen LogP contribution in [0.25, 0.3) is 0 Å².